The Hall–Kier alpha value is -3.94. The summed E-state index contributed by atoms with van der Waals surface area (Å²) in [6.45, 7) is 0. The molecular formula is C19H10Cl2N6O4. The fourth-order valence-corrected chi connectivity index (χ4v) is 3.41. The maximum Gasteiger partial charge on any atom is 0.441 e. The molecule has 2 aromatic heterocycles. The Morgan fingerprint density at radius 3 is 2.32 bits per heavy atom. The molecule has 0 aliphatic carbocycles. The number of para-hydroxylation sites is 1. The van der Waals surface area contributed by atoms with Crippen LogP contribution in [0.3, 0.4) is 0 Å². The van der Waals surface area contributed by atoms with Gasteiger partial charge in [0, 0.05) is 10.0 Å². The van der Waals surface area contributed by atoms with Crippen molar-refractivity contribution in [1.82, 2.24) is 24.5 Å². The highest BCUT2D eigenvalue weighted by Gasteiger charge is 2.17. The molecule has 0 spiro atoms. The van der Waals surface area contributed by atoms with Crippen LogP contribution in [0.4, 0.5) is 0 Å². The van der Waals surface area contributed by atoms with Crippen LogP contribution in [0, 0.1) is 11.3 Å². The molecule has 12 heteroatoms. The number of hydrogen-bond acceptors (Lipinski definition) is 7. The van der Waals surface area contributed by atoms with Crippen molar-refractivity contribution < 1.29 is 4.42 Å². The van der Waals surface area contributed by atoms with E-state index in [4.69, 9.17) is 32.9 Å². The van der Waals surface area contributed by atoms with Crippen LogP contribution in [-0.2, 0) is 6.42 Å². The first-order chi connectivity index (χ1) is 14.9. The zero-order chi connectivity index (χ0) is 22.1. The standard InChI is InChI=1S/C19H10Cl2N6O4/c20-13-6-11(26-18(29)23-17(28)15(9-22)24-26)7-14(21)12(13)8-16-25-27(19(30)31-16)10-4-2-1-3-5-10/h1-7H,8H2,(H,23,28,29). The minimum Gasteiger partial charge on any atom is -0.392 e. The van der Waals surface area contributed by atoms with Crippen molar-refractivity contribution in [3.05, 3.63) is 101 Å². The molecule has 0 amide bonds. The van der Waals surface area contributed by atoms with E-state index in [2.05, 4.69) is 10.2 Å². The van der Waals surface area contributed by atoms with E-state index in [1.165, 1.54) is 12.1 Å². The van der Waals surface area contributed by atoms with Gasteiger partial charge in [0.25, 0.3) is 5.56 Å². The van der Waals surface area contributed by atoms with Gasteiger partial charge in [-0.15, -0.1) is 10.2 Å². The Labute approximate surface area is 182 Å². The van der Waals surface area contributed by atoms with Crippen LogP contribution in [0.15, 0.2) is 61.3 Å². The highest BCUT2D eigenvalue weighted by atomic mass is 35.5. The SMILES string of the molecule is N#Cc1nn(-c2cc(Cl)c(Cc3nn(-c4ccccc4)c(=O)o3)c(Cl)c2)c(=O)[nH]c1=O. The van der Waals surface area contributed by atoms with Gasteiger partial charge in [-0.05, 0) is 29.8 Å². The summed E-state index contributed by atoms with van der Waals surface area (Å²) >= 11 is 12.7. The lowest BCUT2D eigenvalue weighted by atomic mass is 10.1. The van der Waals surface area contributed by atoms with Crippen LogP contribution in [0.1, 0.15) is 17.1 Å². The Bertz CT molecular complexity index is 1490. The second-order valence-corrected chi connectivity index (χ2v) is 7.02. The Balaban J connectivity index is 1.72. The van der Waals surface area contributed by atoms with E-state index in [0.717, 1.165) is 9.36 Å². The number of rotatable bonds is 4. The molecule has 31 heavy (non-hydrogen) atoms. The largest absolute Gasteiger partial charge is 0.441 e. The van der Waals surface area contributed by atoms with E-state index in [1.54, 1.807) is 36.4 Å². The van der Waals surface area contributed by atoms with E-state index in [-0.39, 0.29) is 28.0 Å². The average molecular weight is 457 g/mol. The third-order valence-corrected chi connectivity index (χ3v) is 4.90. The molecule has 2 aromatic carbocycles. The second kappa shape index (κ2) is 8.06. The molecule has 0 fully saturated rings. The molecule has 0 aliphatic rings. The maximum atomic E-state index is 12.1. The van der Waals surface area contributed by atoms with Crippen molar-refractivity contribution in [2.24, 2.45) is 0 Å². The summed E-state index contributed by atoms with van der Waals surface area (Å²) in [6.07, 6.45) is 0.00438. The molecular weight excluding hydrogens is 447 g/mol. The number of nitrogens with one attached hydrogen (secondary N) is 1. The molecule has 1 N–H and O–H groups in total. The van der Waals surface area contributed by atoms with Crippen molar-refractivity contribution in [1.29, 1.82) is 5.26 Å². The van der Waals surface area contributed by atoms with Gasteiger partial charge in [0.2, 0.25) is 11.6 Å². The number of halogens is 2. The van der Waals surface area contributed by atoms with Gasteiger partial charge < -0.3 is 4.42 Å². The summed E-state index contributed by atoms with van der Waals surface area (Å²) in [7, 11) is 0. The number of nitriles is 1. The summed E-state index contributed by atoms with van der Waals surface area (Å²) in [5.74, 6) is -0.588. The highest BCUT2D eigenvalue weighted by molar-refractivity contribution is 6.36. The molecule has 4 aromatic rings. The lowest BCUT2D eigenvalue weighted by Gasteiger charge is -2.09. The summed E-state index contributed by atoms with van der Waals surface area (Å²) < 4.78 is 7.10. The molecule has 10 nitrogen and oxygen atoms in total. The fourth-order valence-electron chi connectivity index (χ4n) is 2.80. The molecule has 2 heterocycles. The second-order valence-electron chi connectivity index (χ2n) is 6.21. The Morgan fingerprint density at radius 1 is 1.00 bits per heavy atom. The van der Waals surface area contributed by atoms with E-state index in [1.807, 2.05) is 4.98 Å². The first-order valence-electron chi connectivity index (χ1n) is 8.64. The Kier molecular flexibility index (Phi) is 5.29. The lowest BCUT2D eigenvalue weighted by molar-refractivity contribution is 0.466. The quantitative estimate of drug-likeness (QED) is 0.493. The zero-order valence-electron chi connectivity index (χ0n) is 15.4. The molecule has 4 rings (SSSR count). The minimum atomic E-state index is -0.901. The summed E-state index contributed by atoms with van der Waals surface area (Å²) in [6, 6.07) is 13.1. The van der Waals surface area contributed by atoms with Crippen molar-refractivity contribution in [2.75, 3.05) is 0 Å². The Morgan fingerprint density at radius 2 is 1.68 bits per heavy atom. The van der Waals surface area contributed by atoms with Crippen LogP contribution < -0.4 is 17.0 Å². The molecule has 0 saturated carbocycles. The van der Waals surface area contributed by atoms with Crippen molar-refractivity contribution in [3.63, 3.8) is 0 Å². The van der Waals surface area contributed by atoms with Crippen LogP contribution in [-0.4, -0.2) is 24.5 Å². The average Bonchev–Trinajstić information content (AvgIpc) is 3.11. The predicted molar refractivity (Wildman–Crippen MR) is 110 cm³/mol. The molecule has 0 bridgehead atoms. The van der Waals surface area contributed by atoms with Crippen molar-refractivity contribution in [2.45, 2.75) is 6.42 Å². The molecule has 0 saturated heterocycles. The third-order valence-electron chi connectivity index (χ3n) is 4.22. The van der Waals surface area contributed by atoms with Crippen LogP contribution in [0.5, 0.6) is 0 Å². The number of benzene rings is 2. The van der Waals surface area contributed by atoms with E-state index < -0.39 is 22.7 Å². The van der Waals surface area contributed by atoms with Gasteiger partial charge >= 0.3 is 11.4 Å². The van der Waals surface area contributed by atoms with Gasteiger partial charge in [-0.1, -0.05) is 41.4 Å². The smallest absolute Gasteiger partial charge is 0.392 e. The van der Waals surface area contributed by atoms with E-state index in [0.29, 0.717) is 11.3 Å². The van der Waals surface area contributed by atoms with Gasteiger partial charge in [-0.2, -0.15) is 14.6 Å². The summed E-state index contributed by atoms with van der Waals surface area (Å²) in [5.41, 5.74) is -1.20. The number of nitrogens with zero attached hydrogens (tertiary/aromatic N) is 5. The monoisotopic (exact) mass is 456 g/mol. The molecule has 0 unspecified atom stereocenters. The molecule has 154 valence electrons. The van der Waals surface area contributed by atoms with Crippen LogP contribution in [0.2, 0.25) is 10.0 Å². The molecule has 0 radical (unpaired) electrons. The van der Waals surface area contributed by atoms with Crippen molar-refractivity contribution in [3.8, 4) is 17.4 Å². The topological polar surface area (TPSA) is 140 Å². The van der Waals surface area contributed by atoms with E-state index >= 15 is 0 Å². The summed E-state index contributed by atoms with van der Waals surface area (Å²) in [4.78, 5) is 37.7. The third kappa shape index (κ3) is 3.92. The highest BCUT2D eigenvalue weighted by Crippen LogP contribution is 2.29. The van der Waals surface area contributed by atoms with Gasteiger partial charge in [-0.3, -0.25) is 9.78 Å². The minimum absolute atomic E-state index is 0.00438. The molecule has 0 aliphatic heterocycles. The number of hydrogen-bond donors (Lipinski definition) is 1. The van der Waals surface area contributed by atoms with Gasteiger partial charge in [0.1, 0.15) is 6.07 Å². The van der Waals surface area contributed by atoms with E-state index in [9.17, 15) is 14.4 Å². The first-order valence-corrected chi connectivity index (χ1v) is 9.39. The summed E-state index contributed by atoms with van der Waals surface area (Å²) in [5, 5.41) is 17.1. The lowest BCUT2D eigenvalue weighted by Crippen LogP contribution is -2.33. The van der Waals surface area contributed by atoms with Gasteiger partial charge in [0.05, 0.1) is 17.8 Å². The van der Waals surface area contributed by atoms with Gasteiger partial charge in [0.15, 0.2) is 0 Å². The zero-order valence-corrected chi connectivity index (χ0v) is 16.9. The fraction of sp³-hybridized carbons (Fsp3) is 0.0526. The maximum absolute atomic E-state index is 12.1. The predicted octanol–water partition coefficient (Wildman–Crippen LogP) is 1.83. The number of aromatic amines is 1. The number of aromatic nitrogens is 5. The van der Waals surface area contributed by atoms with Gasteiger partial charge in [-0.25, -0.2) is 9.59 Å². The van der Waals surface area contributed by atoms with Crippen LogP contribution in [0.25, 0.3) is 11.4 Å². The first kappa shape index (κ1) is 20.3. The van der Waals surface area contributed by atoms with Crippen molar-refractivity contribution >= 4 is 23.2 Å². The molecule has 0 atom stereocenters. The number of H-pyrrole nitrogens is 1. The normalized spacial score (nSPS) is 10.7. The van der Waals surface area contributed by atoms with Crippen LogP contribution >= 0.6 is 23.2 Å².